The van der Waals surface area contributed by atoms with Gasteiger partial charge in [-0.15, -0.1) is 11.3 Å². The second kappa shape index (κ2) is 6.90. The molecule has 1 N–H and O–H groups in total. The number of aryl methyl sites for hydroxylation is 1. The topological polar surface area (TPSA) is 41.6 Å². The highest BCUT2D eigenvalue weighted by atomic mass is 32.1. The van der Waals surface area contributed by atoms with E-state index < -0.39 is 0 Å². The first-order valence-electron chi connectivity index (χ1n) is 7.68. The Morgan fingerprint density at radius 2 is 2.10 bits per heavy atom. The van der Waals surface area contributed by atoms with Gasteiger partial charge in [-0.25, -0.2) is 0 Å². The molecule has 3 unspecified atom stereocenters. The minimum atomic E-state index is -0.110. The SMILES string of the molecule is CCOCC(C)N1C(=O)C(C(C)C)NC1c1ccc(C)s1. The number of amides is 1. The summed E-state index contributed by atoms with van der Waals surface area (Å²) in [6, 6.07) is 4.19. The Bertz CT molecular complexity index is 486. The van der Waals surface area contributed by atoms with E-state index in [2.05, 4.69) is 45.1 Å². The van der Waals surface area contributed by atoms with Crippen molar-refractivity contribution in [3.05, 3.63) is 21.9 Å². The standard InChI is InChI=1S/C16H26N2O2S/c1-6-20-9-11(4)18-15(13-8-7-12(5)21-13)17-14(10(2)3)16(18)19/h7-8,10-11,14-15,17H,6,9H2,1-5H3. The van der Waals surface area contributed by atoms with E-state index in [9.17, 15) is 4.79 Å². The smallest absolute Gasteiger partial charge is 0.241 e. The lowest BCUT2D eigenvalue weighted by molar-refractivity contribution is -0.134. The van der Waals surface area contributed by atoms with E-state index in [4.69, 9.17) is 4.74 Å². The first-order chi connectivity index (χ1) is 9.95. The molecule has 2 heterocycles. The van der Waals surface area contributed by atoms with Crippen molar-refractivity contribution < 1.29 is 9.53 Å². The second-order valence-corrected chi connectivity index (χ2v) is 7.31. The zero-order valence-corrected chi connectivity index (χ0v) is 14.4. The van der Waals surface area contributed by atoms with Crippen molar-refractivity contribution in [3.63, 3.8) is 0 Å². The molecule has 4 nitrogen and oxygen atoms in total. The van der Waals surface area contributed by atoms with Gasteiger partial charge >= 0.3 is 0 Å². The zero-order valence-electron chi connectivity index (χ0n) is 13.6. The maximum absolute atomic E-state index is 12.8. The molecule has 1 aliphatic heterocycles. The van der Waals surface area contributed by atoms with Crippen LogP contribution in [0.3, 0.4) is 0 Å². The third-order valence-corrected chi connectivity index (χ3v) is 4.92. The highest BCUT2D eigenvalue weighted by Gasteiger charge is 2.43. The molecule has 0 aliphatic carbocycles. The number of rotatable bonds is 6. The van der Waals surface area contributed by atoms with Gasteiger partial charge in [0, 0.05) is 16.4 Å². The van der Waals surface area contributed by atoms with E-state index in [0.717, 1.165) is 0 Å². The number of ether oxygens (including phenoxy) is 1. The van der Waals surface area contributed by atoms with Crippen LogP contribution in [-0.4, -0.2) is 36.1 Å². The summed E-state index contributed by atoms with van der Waals surface area (Å²) >= 11 is 1.75. The molecular weight excluding hydrogens is 284 g/mol. The summed E-state index contributed by atoms with van der Waals surface area (Å²) in [5.41, 5.74) is 0. The van der Waals surface area contributed by atoms with Gasteiger partial charge in [0.15, 0.2) is 0 Å². The molecule has 1 aromatic rings. The van der Waals surface area contributed by atoms with Crippen LogP contribution >= 0.6 is 11.3 Å². The molecule has 0 radical (unpaired) electrons. The third kappa shape index (κ3) is 3.47. The molecule has 1 aliphatic rings. The van der Waals surface area contributed by atoms with Gasteiger partial charge in [0.25, 0.3) is 0 Å². The normalized spacial score (nSPS) is 24.1. The number of thiophene rings is 1. The van der Waals surface area contributed by atoms with E-state index in [-0.39, 0.29) is 30.1 Å². The van der Waals surface area contributed by atoms with Crippen molar-refractivity contribution in [2.75, 3.05) is 13.2 Å². The molecule has 118 valence electrons. The summed E-state index contributed by atoms with van der Waals surface area (Å²) in [4.78, 5) is 17.2. The van der Waals surface area contributed by atoms with Gasteiger partial charge in [0.2, 0.25) is 5.91 Å². The molecule has 1 amide bonds. The molecule has 1 saturated heterocycles. The molecule has 0 saturated carbocycles. The highest BCUT2D eigenvalue weighted by molar-refractivity contribution is 7.12. The summed E-state index contributed by atoms with van der Waals surface area (Å²) in [7, 11) is 0. The monoisotopic (exact) mass is 310 g/mol. The van der Waals surface area contributed by atoms with Gasteiger partial charge in [0.05, 0.1) is 18.7 Å². The Hall–Kier alpha value is -0.910. The van der Waals surface area contributed by atoms with Crippen LogP contribution in [0.4, 0.5) is 0 Å². The lowest BCUT2D eigenvalue weighted by Gasteiger charge is -2.29. The predicted molar refractivity (Wildman–Crippen MR) is 86.4 cm³/mol. The fourth-order valence-electron chi connectivity index (χ4n) is 2.75. The Kier molecular flexibility index (Phi) is 5.41. The average molecular weight is 310 g/mol. The quantitative estimate of drug-likeness (QED) is 0.878. The third-order valence-electron chi connectivity index (χ3n) is 3.87. The second-order valence-electron chi connectivity index (χ2n) is 5.99. The number of hydrogen-bond acceptors (Lipinski definition) is 4. The fourth-order valence-corrected chi connectivity index (χ4v) is 3.68. The molecular formula is C16H26N2O2S. The summed E-state index contributed by atoms with van der Waals surface area (Å²) in [6.07, 6.45) is -0.0287. The number of nitrogens with zero attached hydrogens (tertiary/aromatic N) is 1. The van der Waals surface area contributed by atoms with Crippen molar-refractivity contribution in [2.24, 2.45) is 5.92 Å². The Labute approximate surface area is 131 Å². The fraction of sp³-hybridized carbons (Fsp3) is 0.688. The van der Waals surface area contributed by atoms with Gasteiger partial charge in [-0.1, -0.05) is 13.8 Å². The van der Waals surface area contributed by atoms with E-state index in [1.807, 2.05) is 11.8 Å². The maximum atomic E-state index is 12.8. The summed E-state index contributed by atoms with van der Waals surface area (Å²) < 4.78 is 5.52. The van der Waals surface area contributed by atoms with Crippen molar-refractivity contribution in [1.82, 2.24) is 10.2 Å². The van der Waals surface area contributed by atoms with E-state index in [1.165, 1.54) is 9.75 Å². The molecule has 0 bridgehead atoms. The van der Waals surface area contributed by atoms with Crippen LogP contribution in [0.15, 0.2) is 12.1 Å². The van der Waals surface area contributed by atoms with Gasteiger partial charge < -0.3 is 9.64 Å². The Morgan fingerprint density at radius 3 is 2.62 bits per heavy atom. The molecule has 1 fully saturated rings. The highest BCUT2D eigenvalue weighted by Crippen LogP contribution is 2.33. The molecule has 3 atom stereocenters. The van der Waals surface area contributed by atoms with Crippen molar-refractivity contribution in [2.45, 2.75) is 52.9 Å². The van der Waals surface area contributed by atoms with Crippen LogP contribution < -0.4 is 5.32 Å². The van der Waals surface area contributed by atoms with Crippen LogP contribution in [0.5, 0.6) is 0 Å². The van der Waals surface area contributed by atoms with Crippen LogP contribution in [-0.2, 0) is 9.53 Å². The molecule has 2 rings (SSSR count). The van der Waals surface area contributed by atoms with Crippen molar-refractivity contribution >= 4 is 17.2 Å². The van der Waals surface area contributed by atoms with Crippen LogP contribution in [0.2, 0.25) is 0 Å². The lowest BCUT2D eigenvalue weighted by atomic mass is 10.0. The number of carbonyl (C=O) groups is 1. The average Bonchev–Trinajstić information content (AvgIpc) is 2.99. The predicted octanol–water partition coefficient (Wildman–Crippen LogP) is 2.94. The van der Waals surface area contributed by atoms with Gasteiger partial charge in [-0.2, -0.15) is 0 Å². The minimum absolute atomic E-state index is 0.0287. The molecule has 0 spiro atoms. The molecule has 1 aromatic heterocycles. The lowest BCUT2D eigenvalue weighted by Crippen LogP contribution is -2.41. The summed E-state index contributed by atoms with van der Waals surface area (Å²) in [5, 5.41) is 3.51. The van der Waals surface area contributed by atoms with Crippen molar-refractivity contribution in [1.29, 1.82) is 0 Å². The van der Waals surface area contributed by atoms with Crippen LogP contribution in [0.25, 0.3) is 0 Å². The summed E-state index contributed by atoms with van der Waals surface area (Å²) in [5.74, 6) is 0.471. The largest absolute Gasteiger partial charge is 0.380 e. The van der Waals surface area contributed by atoms with Crippen molar-refractivity contribution in [3.8, 4) is 0 Å². The molecule has 0 aromatic carbocycles. The number of hydrogen-bond donors (Lipinski definition) is 1. The van der Waals surface area contributed by atoms with Gasteiger partial charge in [-0.3, -0.25) is 10.1 Å². The van der Waals surface area contributed by atoms with E-state index in [1.54, 1.807) is 11.3 Å². The maximum Gasteiger partial charge on any atom is 0.241 e. The van der Waals surface area contributed by atoms with E-state index in [0.29, 0.717) is 13.2 Å². The van der Waals surface area contributed by atoms with Crippen LogP contribution in [0.1, 0.15) is 43.6 Å². The Balaban J connectivity index is 2.24. The van der Waals surface area contributed by atoms with E-state index >= 15 is 0 Å². The Morgan fingerprint density at radius 1 is 1.38 bits per heavy atom. The minimum Gasteiger partial charge on any atom is -0.380 e. The first-order valence-corrected chi connectivity index (χ1v) is 8.49. The molecule has 21 heavy (non-hydrogen) atoms. The number of nitrogens with one attached hydrogen (secondary N) is 1. The summed E-state index contributed by atoms with van der Waals surface area (Å²) in [6.45, 7) is 11.6. The number of carbonyl (C=O) groups excluding carboxylic acids is 1. The molecule has 5 heteroatoms. The van der Waals surface area contributed by atoms with Gasteiger partial charge in [0.1, 0.15) is 6.17 Å². The van der Waals surface area contributed by atoms with Crippen LogP contribution in [0, 0.1) is 12.8 Å². The zero-order chi connectivity index (χ0) is 15.6. The van der Waals surface area contributed by atoms with Gasteiger partial charge in [-0.05, 0) is 38.8 Å². The first kappa shape index (κ1) is 16.5.